The van der Waals surface area contributed by atoms with Gasteiger partial charge >= 0.3 is 0 Å². The lowest BCUT2D eigenvalue weighted by Crippen LogP contribution is -2.55. The Balaban J connectivity index is 1.43. The van der Waals surface area contributed by atoms with E-state index in [1.54, 1.807) is 6.20 Å². The molecule has 3 aliphatic rings. The molecule has 1 aromatic rings. The molecule has 4 heterocycles. The molecule has 3 fully saturated rings. The number of hydrogen-bond donors (Lipinski definition) is 0. The van der Waals surface area contributed by atoms with Crippen LogP contribution in [0.25, 0.3) is 0 Å². The van der Waals surface area contributed by atoms with E-state index in [0.717, 1.165) is 64.0 Å². The van der Waals surface area contributed by atoms with Gasteiger partial charge in [0.05, 0.1) is 0 Å². The molecule has 0 aliphatic carbocycles. The summed E-state index contributed by atoms with van der Waals surface area (Å²) in [6.45, 7) is 4.74. The van der Waals surface area contributed by atoms with E-state index in [2.05, 4.69) is 20.9 Å². The highest BCUT2D eigenvalue weighted by Gasteiger charge is 2.47. The lowest BCUT2D eigenvalue weighted by atomic mass is 9.83. The van der Waals surface area contributed by atoms with Crippen molar-refractivity contribution >= 4 is 5.91 Å². The van der Waals surface area contributed by atoms with E-state index in [4.69, 9.17) is 4.74 Å². The summed E-state index contributed by atoms with van der Waals surface area (Å²) in [4.78, 5) is 21.5. The van der Waals surface area contributed by atoms with Crippen molar-refractivity contribution in [2.45, 2.75) is 56.7 Å². The van der Waals surface area contributed by atoms with Crippen molar-refractivity contribution in [2.75, 3.05) is 26.3 Å². The van der Waals surface area contributed by atoms with Crippen LogP contribution in [0.2, 0.25) is 0 Å². The molecule has 0 bridgehead atoms. The third kappa shape index (κ3) is 3.07. The highest BCUT2D eigenvalue weighted by Crippen LogP contribution is 2.40. The molecule has 0 saturated carbocycles. The van der Waals surface area contributed by atoms with Gasteiger partial charge in [0.2, 0.25) is 5.91 Å². The molecule has 0 N–H and O–H groups in total. The number of pyridine rings is 1. The van der Waals surface area contributed by atoms with Crippen LogP contribution in [0.15, 0.2) is 24.5 Å². The molecule has 3 saturated heterocycles. The van der Waals surface area contributed by atoms with E-state index in [-0.39, 0.29) is 5.54 Å². The summed E-state index contributed by atoms with van der Waals surface area (Å²) < 4.78 is 5.50. The van der Waals surface area contributed by atoms with Crippen LogP contribution in [0.3, 0.4) is 0 Å². The van der Waals surface area contributed by atoms with Crippen molar-refractivity contribution in [2.24, 2.45) is 0 Å². The van der Waals surface area contributed by atoms with Crippen molar-refractivity contribution in [3.05, 3.63) is 30.1 Å². The molecule has 24 heavy (non-hydrogen) atoms. The SMILES string of the molecule is O=C1CCC2(CCN(C3CCOCC3)CC2)N1Cc1cccnc1. The van der Waals surface area contributed by atoms with Gasteiger partial charge in [-0.25, -0.2) is 0 Å². The smallest absolute Gasteiger partial charge is 0.223 e. The predicted molar refractivity (Wildman–Crippen MR) is 91.4 cm³/mol. The molecule has 1 spiro atoms. The monoisotopic (exact) mass is 329 g/mol. The zero-order valence-corrected chi connectivity index (χ0v) is 14.3. The summed E-state index contributed by atoms with van der Waals surface area (Å²) in [5.41, 5.74) is 1.22. The van der Waals surface area contributed by atoms with Gasteiger partial charge in [0, 0.05) is 63.2 Å². The Morgan fingerprint density at radius 3 is 2.71 bits per heavy atom. The van der Waals surface area contributed by atoms with Crippen molar-refractivity contribution in [3.8, 4) is 0 Å². The number of likely N-dealkylation sites (tertiary alicyclic amines) is 2. The van der Waals surface area contributed by atoms with E-state index in [9.17, 15) is 4.79 Å². The molecular formula is C19H27N3O2. The van der Waals surface area contributed by atoms with E-state index in [1.165, 1.54) is 0 Å². The number of nitrogens with zero attached hydrogens (tertiary/aromatic N) is 3. The number of rotatable bonds is 3. The molecule has 1 amide bonds. The third-order valence-corrected chi connectivity index (χ3v) is 6.18. The minimum absolute atomic E-state index is 0.0780. The Kier molecular flexibility index (Phi) is 4.55. The van der Waals surface area contributed by atoms with Gasteiger partial charge < -0.3 is 14.5 Å². The maximum atomic E-state index is 12.5. The Labute approximate surface area is 144 Å². The number of carbonyl (C=O) groups is 1. The highest BCUT2D eigenvalue weighted by atomic mass is 16.5. The Hall–Kier alpha value is -1.46. The first kappa shape index (κ1) is 16.0. The van der Waals surface area contributed by atoms with Gasteiger partial charge in [0.1, 0.15) is 0 Å². The van der Waals surface area contributed by atoms with Crippen molar-refractivity contribution < 1.29 is 9.53 Å². The number of carbonyl (C=O) groups excluding carboxylic acids is 1. The standard InChI is InChI=1S/C19H27N3O2/c23-18-3-6-19(22(18)15-16-2-1-9-20-14-16)7-10-21(11-8-19)17-4-12-24-13-5-17/h1-2,9,14,17H,3-8,10-13,15H2. The minimum Gasteiger partial charge on any atom is -0.381 e. The van der Waals surface area contributed by atoms with Crippen LogP contribution in [0, 0.1) is 0 Å². The normalized spacial score (nSPS) is 25.5. The summed E-state index contributed by atoms with van der Waals surface area (Å²) in [6, 6.07) is 4.71. The van der Waals surface area contributed by atoms with E-state index in [1.807, 2.05) is 12.3 Å². The average molecular weight is 329 g/mol. The van der Waals surface area contributed by atoms with Gasteiger partial charge in [-0.3, -0.25) is 9.78 Å². The fourth-order valence-corrected chi connectivity index (χ4v) is 4.68. The maximum Gasteiger partial charge on any atom is 0.223 e. The molecule has 4 rings (SSSR count). The van der Waals surface area contributed by atoms with Gasteiger partial charge in [-0.15, -0.1) is 0 Å². The summed E-state index contributed by atoms with van der Waals surface area (Å²) in [5, 5.41) is 0. The number of aromatic nitrogens is 1. The quantitative estimate of drug-likeness (QED) is 0.853. The Bertz CT molecular complexity index is 563. The second-order valence-electron chi connectivity index (χ2n) is 7.45. The van der Waals surface area contributed by atoms with E-state index < -0.39 is 0 Å². The number of hydrogen-bond acceptors (Lipinski definition) is 4. The summed E-state index contributed by atoms with van der Waals surface area (Å²) in [5.74, 6) is 0.318. The van der Waals surface area contributed by atoms with Crippen molar-refractivity contribution in [1.29, 1.82) is 0 Å². The molecule has 130 valence electrons. The minimum atomic E-state index is 0.0780. The van der Waals surface area contributed by atoms with Gasteiger partial charge in [0.15, 0.2) is 0 Å². The number of piperidine rings is 1. The van der Waals surface area contributed by atoms with Crippen LogP contribution in [-0.4, -0.2) is 58.6 Å². The van der Waals surface area contributed by atoms with Crippen LogP contribution in [-0.2, 0) is 16.1 Å². The first-order valence-electron chi connectivity index (χ1n) is 9.28. The molecule has 0 radical (unpaired) electrons. The van der Waals surface area contributed by atoms with Crippen LogP contribution >= 0.6 is 0 Å². The number of ether oxygens (including phenoxy) is 1. The van der Waals surface area contributed by atoms with Gasteiger partial charge in [-0.05, 0) is 43.7 Å². The Morgan fingerprint density at radius 2 is 2.00 bits per heavy atom. The van der Waals surface area contributed by atoms with Gasteiger partial charge in [0.25, 0.3) is 0 Å². The van der Waals surface area contributed by atoms with Crippen LogP contribution in [0.1, 0.15) is 44.1 Å². The first-order chi connectivity index (χ1) is 11.8. The molecule has 1 aromatic heterocycles. The molecule has 0 aromatic carbocycles. The van der Waals surface area contributed by atoms with Crippen molar-refractivity contribution in [1.82, 2.24) is 14.8 Å². The van der Waals surface area contributed by atoms with Gasteiger partial charge in [-0.1, -0.05) is 6.07 Å². The van der Waals surface area contributed by atoms with E-state index in [0.29, 0.717) is 24.9 Å². The molecule has 5 heteroatoms. The topological polar surface area (TPSA) is 45.7 Å². The average Bonchev–Trinajstić information content (AvgIpc) is 2.94. The largest absolute Gasteiger partial charge is 0.381 e. The molecule has 0 atom stereocenters. The summed E-state index contributed by atoms with van der Waals surface area (Å²) >= 11 is 0. The summed E-state index contributed by atoms with van der Waals surface area (Å²) in [6.07, 6.45) is 9.93. The molecule has 3 aliphatic heterocycles. The second kappa shape index (κ2) is 6.81. The second-order valence-corrected chi connectivity index (χ2v) is 7.45. The Morgan fingerprint density at radius 1 is 1.21 bits per heavy atom. The lowest BCUT2D eigenvalue weighted by Gasteiger charge is -2.47. The van der Waals surface area contributed by atoms with Crippen LogP contribution in [0.5, 0.6) is 0 Å². The first-order valence-corrected chi connectivity index (χ1v) is 9.28. The van der Waals surface area contributed by atoms with Crippen molar-refractivity contribution in [3.63, 3.8) is 0 Å². The van der Waals surface area contributed by atoms with E-state index >= 15 is 0 Å². The number of amides is 1. The summed E-state index contributed by atoms with van der Waals surface area (Å²) in [7, 11) is 0. The third-order valence-electron chi connectivity index (χ3n) is 6.18. The zero-order valence-electron chi connectivity index (χ0n) is 14.3. The molecular weight excluding hydrogens is 302 g/mol. The maximum absolute atomic E-state index is 12.5. The predicted octanol–water partition coefficient (Wildman–Crippen LogP) is 2.22. The lowest BCUT2D eigenvalue weighted by molar-refractivity contribution is -0.133. The highest BCUT2D eigenvalue weighted by molar-refractivity contribution is 5.79. The van der Waals surface area contributed by atoms with Crippen LogP contribution < -0.4 is 0 Å². The fraction of sp³-hybridized carbons (Fsp3) is 0.684. The van der Waals surface area contributed by atoms with Crippen LogP contribution in [0.4, 0.5) is 0 Å². The van der Waals surface area contributed by atoms with Gasteiger partial charge in [-0.2, -0.15) is 0 Å². The zero-order chi connectivity index (χ0) is 16.4. The fourth-order valence-electron chi connectivity index (χ4n) is 4.68. The molecule has 0 unspecified atom stereocenters. The molecule has 5 nitrogen and oxygen atoms in total.